The molecular formula is C16H15BrClNO. The molecule has 0 aromatic heterocycles. The number of anilines is 1. The predicted octanol–water partition coefficient (Wildman–Crippen LogP) is 5.23. The highest BCUT2D eigenvalue weighted by Crippen LogP contribution is 2.25. The van der Waals surface area contributed by atoms with Gasteiger partial charge in [0.2, 0.25) is 0 Å². The molecule has 4 heteroatoms. The van der Waals surface area contributed by atoms with Gasteiger partial charge in [-0.2, -0.15) is 0 Å². The molecule has 1 N–H and O–H groups in total. The summed E-state index contributed by atoms with van der Waals surface area (Å²) in [5.74, 6) is -0.141. The minimum absolute atomic E-state index is 0.141. The van der Waals surface area contributed by atoms with E-state index in [9.17, 15) is 4.79 Å². The normalized spacial score (nSPS) is 10.4. The minimum atomic E-state index is -0.141. The smallest absolute Gasteiger partial charge is 0.256 e. The summed E-state index contributed by atoms with van der Waals surface area (Å²) in [5, 5.41) is 3.59. The number of hydrogen-bond acceptors (Lipinski definition) is 1. The van der Waals surface area contributed by atoms with Crippen molar-refractivity contribution >= 4 is 39.1 Å². The van der Waals surface area contributed by atoms with E-state index >= 15 is 0 Å². The van der Waals surface area contributed by atoms with Crippen LogP contribution in [0.5, 0.6) is 0 Å². The second-order valence-electron chi connectivity index (χ2n) is 4.54. The number of carbonyl (C=O) groups excluding carboxylic acids is 1. The highest BCUT2D eigenvalue weighted by Gasteiger charge is 2.13. The van der Waals surface area contributed by atoms with Crippen LogP contribution >= 0.6 is 27.5 Å². The molecule has 20 heavy (non-hydrogen) atoms. The van der Waals surface area contributed by atoms with Gasteiger partial charge in [-0.25, -0.2) is 0 Å². The van der Waals surface area contributed by atoms with Gasteiger partial charge in [-0.05, 0) is 58.6 Å². The fraction of sp³-hybridized carbons (Fsp3) is 0.188. The van der Waals surface area contributed by atoms with Crippen molar-refractivity contribution in [2.45, 2.75) is 20.3 Å². The van der Waals surface area contributed by atoms with E-state index in [1.165, 1.54) is 0 Å². The van der Waals surface area contributed by atoms with Crippen LogP contribution in [0.2, 0.25) is 5.02 Å². The summed E-state index contributed by atoms with van der Waals surface area (Å²) < 4.78 is 0.689. The quantitative estimate of drug-likeness (QED) is 0.805. The van der Waals surface area contributed by atoms with Crippen molar-refractivity contribution in [1.82, 2.24) is 0 Å². The SMILES string of the molecule is CCc1cccc(C)c1NC(=O)c1ccc(Cl)cc1Br. The lowest BCUT2D eigenvalue weighted by Crippen LogP contribution is -2.14. The number of para-hydroxylation sites is 1. The van der Waals surface area contributed by atoms with Crippen LogP contribution in [0.4, 0.5) is 5.69 Å². The maximum absolute atomic E-state index is 12.4. The molecule has 0 radical (unpaired) electrons. The number of rotatable bonds is 3. The molecule has 0 fully saturated rings. The van der Waals surface area contributed by atoms with Gasteiger partial charge in [0.05, 0.1) is 5.56 Å². The van der Waals surface area contributed by atoms with E-state index in [1.54, 1.807) is 18.2 Å². The summed E-state index contributed by atoms with van der Waals surface area (Å²) in [5.41, 5.74) is 3.65. The van der Waals surface area contributed by atoms with Crippen LogP contribution in [-0.2, 0) is 6.42 Å². The zero-order valence-electron chi connectivity index (χ0n) is 11.3. The van der Waals surface area contributed by atoms with E-state index in [1.807, 2.05) is 25.1 Å². The molecule has 1 amide bonds. The highest BCUT2D eigenvalue weighted by molar-refractivity contribution is 9.10. The van der Waals surface area contributed by atoms with E-state index in [2.05, 4.69) is 28.2 Å². The van der Waals surface area contributed by atoms with Gasteiger partial charge in [0.25, 0.3) is 5.91 Å². The average Bonchev–Trinajstić information content (AvgIpc) is 2.40. The van der Waals surface area contributed by atoms with Gasteiger partial charge in [-0.3, -0.25) is 4.79 Å². The lowest BCUT2D eigenvalue weighted by molar-refractivity contribution is 0.102. The zero-order valence-corrected chi connectivity index (χ0v) is 13.7. The molecule has 0 saturated heterocycles. The fourth-order valence-corrected chi connectivity index (χ4v) is 2.92. The third-order valence-electron chi connectivity index (χ3n) is 3.15. The van der Waals surface area contributed by atoms with Crippen LogP contribution in [-0.4, -0.2) is 5.91 Å². The van der Waals surface area contributed by atoms with Crippen molar-refractivity contribution in [1.29, 1.82) is 0 Å². The summed E-state index contributed by atoms with van der Waals surface area (Å²) >= 11 is 9.26. The van der Waals surface area contributed by atoms with E-state index in [0.29, 0.717) is 15.1 Å². The number of nitrogens with one attached hydrogen (secondary N) is 1. The second kappa shape index (κ2) is 6.42. The van der Waals surface area contributed by atoms with Crippen molar-refractivity contribution in [3.8, 4) is 0 Å². The Morgan fingerprint density at radius 2 is 2.05 bits per heavy atom. The van der Waals surface area contributed by atoms with Gasteiger partial charge in [-0.1, -0.05) is 36.7 Å². The van der Waals surface area contributed by atoms with Gasteiger partial charge in [-0.15, -0.1) is 0 Å². The Kier molecular flexibility index (Phi) is 4.84. The summed E-state index contributed by atoms with van der Waals surface area (Å²) in [6, 6.07) is 11.2. The molecule has 0 unspecified atom stereocenters. The molecule has 0 saturated carbocycles. The number of benzene rings is 2. The first kappa shape index (κ1) is 15.1. The molecular weight excluding hydrogens is 338 g/mol. The number of aryl methyl sites for hydroxylation is 2. The minimum Gasteiger partial charge on any atom is -0.321 e. The molecule has 104 valence electrons. The summed E-state index contributed by atoms with van der Waals surface area (Å²) in [4.78, 5) is 12.4. The maximum Gasteiger partial charge on any atom is 0.256 e. The highest BCUT2D eigenvalue weighted by atomic mass is 79.9. The number of halogens is 2. The Morgan fingerprint density at radius 1 is 1.30 bits per heavy atom. The molecule has 2 nitrogen and oxygen atoms in total. The van der Waals surface area contributed by atoms with Gasteiger partial charge < -0.3 is 5.32 Å². The van der Waals surface area contributed by atoms with Gasteiger partial charge in [0, 0.05) is 15.2 Å². The monoisotopic (exact) mass is 351 g/mol. The standard InChI is InChI=1S/C16H15BrClNO/c1-3-11-6-4-5-10(2)15(11)19-16(20)13-8-7-12(18)9-14(13)17/h4-9H,3H2,1-2H3,(H,19,20). The molecule has 0 heterocycles. The van der Waals surface area contributed by atoms with Crippen molar-refractivity contribution in [2.24, 2.45) is 0 Å². The molecule has 0 aliphatic heterocycles. The third kappa shape index (κ3) is 3.22. The third-order valence-corrected chi connectivity index (χ3v) is 4.05. The molecule has 0 aliphatic carbocycles. The van der Waals surface area contributed by atoms with Crippen molar-refractivity contribution in [3.63, 3.8) is 0 Å². The van der Waals surface area contributed by atoms with Crippen LogP contribution in [0.25, 0.3) is 0 Å². The number of hydrogen-bond donors (Lipinski definition) is 1. The van der Waals surface area contributed by atoms with E-state index in [0.717, 1.165) is 23.2 Å². The topological polar surface area (TPSA) is 29.1 Å². The Bertz CT molecular complexity index is 655. The zero-order chi connectivity index (χ0) is 14.7. The molecule has 2 aromatic rings. The molecule has 2 aromatic carbocycles. The van der Waals surface area contributed by atoms with Crippen LogP contribution in [0.3, 0.4) is 0 Å². The largest absolute Gasteiger partial charge is 0.321 e. The van der Waals surface area contributed by atoms with Crippen molar-refractivity contribution < 1.29 is 4.79 Å². The van der Waals surface area contributed by atoms with Crippen LogP contribution in [0.1, 0.15) is 28.4 Å². The lowest BCUT2D eigenvalue weighted by Gasteiger charge is -2.13. The lowest BCUT2D eigenvalue weighted by atomic mass is 10.1. The molecule has 0 atom stereocenters. The Hall–Kier alpha value is -1.32. The second-order valence-corrected chi connectivity index (χ2v) is 5.83. The number of amides is 1. The summed E-state index contributed by atoms with van der Waals surface area (Å²) in [7, 11) is 0. The first-order chi connectivity index (χ1) is 9.52. The Labute approximate surface area is 132 Å². The maximum atomic E-state index is 12.4. The van der Waals surface area contributed by atoms with Crippen molar-refractivity contribution in [2.75, 3.05) is 5.32 Å². The van der Waals surface area contributed by atoms with E-state index < -0.39 is 0 Å². The Morgan fingerprint density at radius 3 is 2.70 bits per heavy atom. The van der Waals surface area contributed by atoms with E-state index in [4.69, 9.17) is 11.6 Å². The molecule has 0 spiro atoms. The van der Waals surface area contributed by atoms with Gasteiger partial charge in [0.1, 0.15) is 0 Å². The number of carbonyl (C=O) groups is 1. The molecule has 0 aliphatic rings. The van der Waals surface area contributed by atoms with E-state index in [-0.39, 0.29) is 5.91 Å². The summed E-state index contributed by atoms with van der Waals surface area (Å²) in [6.45, 7) is 4.06. The Balaban J connectivity index is 2.33. The van der Waals surface area contributed by atoms with Gasteiger partial charge in [0.15, 0.2) is 0 Å². The first-order valence-corrected chi connectivity index (χ1v) is 7.55. The van der Waals surface area contributed by atoms with Crippen LogP contribution < -0.4 is 5.32 Å². The molecule has 2 rings (SSSR count). The van der Waals surface area contributed by atoms with Crippen molar-refractivity contribution in [3.05, 3.63) is 62.6 Å². The predicted molar refractivity (Wildman–Crippen MR) is 87.7 cm³/mol. The summed E-state index contributed by atoms with van der Waals surface area (Å²) in [6.07, 6.45) is 0.874. The first-order valence-electron chi connectivity index (χ1n) is 6.37. The molecule has 0 bridgehead atoms. The fourth-order valence-electron chi connectivity index (χ4n) is 2.06. The van der Waals surface area contributed by atoms with Gasteiger partial charge >= 0.3 is 0 Å². The van der Waals surface area contributed by atoms with Crippen LogP contribution in [0.15, 0.2) is 40.9 Å². The average molecular weight is 353 g/mol. The van der Waals surface area contributed by atoms with Crippen LogP contribution in [0, 0.1) is 6.92 Å².